The first-order chi connectivity index (χ1) is 25.1. The van der Waals surface area contributed by atoms with Gasteiger partial charge >= 0.3 is 0 Å². The van der Waals surface area contributed by atoms with Crippen LogP contribution in [0.4, 0.5) is 0 Å². The highest BCUT2D eigenvalue weighted by Crippen LogP contribution is 2.63. The molecule has 3 aliphatic carbocycles. The van der Waals surface area contributed by atoms with Gasteiger partial charge in [0.2, 0.25) is 0 Å². The first kappa shape index (κ1) is 30.0. The van der Waals surface area contributed by atoms with E-state index in [1.165, 1.54) is 78.0 Å². The first-order valence-electron chi connectivity index (χ1n) is 18.2. The Morgan fingerprint density at radius 3 is 1.76 bits per heavy atom. The summed E-state index contributed by atoms with van der Waals surface area (Å²) in [5, 5.41) is 0. The largest absolute Gasteiger partial charge is 0.258 e. The van der Waals surface area contributed by atoms with Crippen LogP contribution >= 0.6 is 0 Å². The number of allylic oxidation sites excluding steroid dienone is 5. The number of aliphatic imine (C=N–C) groups is 1. The van der Waals surface area contributed by atoms with Gasteiger partial charge < -0.3 is 0 Å². The molecular weight excluding hydrogens is 617 g/mol. The Hall–Kier alpha value is -5.86. The van der Waals surface area contributed by atoms with Gasteiger partial charge in [-0.3, -0.25) is 9.98 Å². The van der Waals surface area contributed by atoms with Crippen LogP contribution in [0.1, 0.15) is 58.1 Å². The van der Waals surface area contributed by atoms with Gasteiger partial charge in [-0.2, -0.15) is 0 Å². The lowest BCUT2D eigenvalue weighted by molar-refractivity contribution is 0.549. The molecule has 4 aliphatic rings. The highest BCUT2D eigenvalue weighted by Gasteiger charge is 2.51. The van der Waals surface area contributed by atoms with Crippen LogP contribution in [0.2, 0.25) is 0 Å². The van der Waals surface area contributed by atoms with Gasteiger partial charge in [-0.1, -0.05) is 146 Å². The summed E-state index contributed by atoms with van der Waals surface area (Å²) in [5.41, 5.74) is 20.7. The molecule has 0 N–H and O–H groups in total. The van der Waals surface area contributed by atoms with E-state index in [2.05, 4.69) is 166 Å². The molecule has 0 bridgehead atoms. The minimum Gasteiger partial charge on any atom is -0.258 e. The normalized spacial score (nSPS) is 18.6. The Labute approximate surface area is 300 Å². The summed E-state index contributed by atoms with van der Waals surface area (Å²) < 4.78 is 0. The zero-order chi connectivity index (χ0) is 34.3. The Morgan fingerprint density at radius 1 is 0.569 bits per heavy atom. The summed E-state index contributed by atoms with van der Waals surface area (Å²) in [7, 11) is 0. The summed E-state index contributed by atoms with van der Waals surface area (Å²) in [6.45, 7) is 6.44. The SMILES string of the molecule is CCC1C(c2ccc(-c3ccc(C)nc3C)cc2)=NC(c2ccc3c(c2)C2(c4ccccc4-c4ccccc42)c2ccccc2-3)=C2C=CC=CC21. The molecule has 1 spiro atoms. The number of hydrogen-bond donors (Lipinski definition) is 0. The number of rotatable bonds is 4. The molecule has 0 fully saturated rings. The predicted molar refractivity (Wildman–Crippen MR) is 211 cm³/mol. The number of benzene rings is 5. The zero-order valence-electron chi connectivity index (χ0n) is 29.2. The Bertz CT molecular complexity index is 2480. The van der Waals surface area contributed by atoms with E-state index in [1.807, 2.05) is 6.92 Å². The second-order valence-electron chi connectivity index (χ2n) is 14.4. The van der Waals surface area contributed by atoms with Crippen LogP contribution < -0.4 is 0 Å². The maximum absolute atomic E-state index is 5.67. The summed E-state index contributed by atoms with van der Waals surface area (Å²) in [5.74, 6) is 0.551. The fraction of sp³-hybridized carbons (Fsp3) is 0.143. The standard InChI is InChI=1S/C49H38N2/c1-4-35-37-13-5-6-17-42(37)48(51-47(35)33-24-22-32(23-25-33)36-27-21-30(2)50-31(36)3)34-26-28-41-40-16-9-12-20-45(40)49(46(41)29-34)43-18-10-7-14-38(43)39-15-8-11-19-44(39)49/h5-29,35,37H,4H2,1-3H3. The van der Waals surface area contributed by atoms with Gasteiger partial charge in [-0.15, -0.1) is 0 Å². The van der Waals surface area contributed by atoms with E-state index in [1.54, 1.807) is 0 Å². The second-order valence-corrected chi connectivity index (χ2v) is 14.4. The Balaban J connectivity index is 1.17. The molecule has 1 aromatic heterocycles. The molecule has 2 heteroatoms. The molecular formula is C49H38N2. The van der Waals surface area contributed by atoms with Crippen LogP contribution in [0.15, 0.2) is 162 Å². The van der Waals surface area contributed by atoms with Crippen molar-refractivity contribution in [3.05, 3.63) is 202 Å². The lowest BCUT2D eigenvalue weighted by atomic mass is 9.70. The fourth-order valence-corrected chi connectivity index (χ4v) is 9.60. The molecule has 0 amide bonds. The molecule has 2 nitrogen and oxygen atoms in total. The molecule has 51 heavy (non-hydrogen) atoms. The summed E-state index contributed by atoms with van der Waals surface area (Å²) >= 11 is 0. The molecule has 2 unspecified atom stereocenters. The Morgan fingerprint density at radius 2 is 1.14 bits per heavy atom. The maximum atomic E-state index is 5.67. The van der Waals surface area contributed by atoms with Crippen molar-refractivity contribution < 1.29 is 0 Å². The average Bonchev–Trinajstić information content (AvgIpc) is 3.64. The summed E-state index contributed by atoms with van der Waals surface area (Å²) in [4.78, 5) is 10.4. The third kappa shape index (κ3) is 4.23. The van der Waals surface area contributed by atoms with Crippen LogP contribution in [0.5, 0.6) is 0 Å². The summed E-state index contributed by atoms with van der Waals surface area (Å²) in [6, 6.07) is 47.5. The highest BCUT2D eigenvalue weighted by molar-refractivity contribution is 6.08. The molecule has 1 aliphatic heterocycles. The van der Waals surface area contributed by atoms with Crippen molar-refractivity contribution in [2.75, 3.05) is 0 Å². The molecule has 6 aromatic rings. The third-order valence-electron chi connectivity index (χ3n) is 11.8. The lowest BCUT2D eigenvalue weighted by Crippen LogP contribution is -2.29. The monoisotopic (exact) mass is 654 g/mol. The van der Waals surface area contributed by atoms with Gasteiger partial charge in [-0.05, 0) is 93.6 Å². The lowest BCUT2D eigenvalue weighted by Gasteiger charge is -2.34. The van der Waals surface area contributed by atoms with Crippen LogP contribution in [-0.4, -0.2) is 10.7 Å². The van der Waals surface area contributed by atoms with Crippen molar-refractivity contribution in [3.8, 4) is 33.4 Å². The molecule has 0 saturated carbocycles. The number of hydrogen-bond acceptors (Lipinski definition) is 2. The van der Waals surface area contributed by atoms with E-state index < -0.39 is 0 Å². The van der Waals surface area contributed by atoms with E-state index >= 15 is 0 Å². The molecule has 0 radical (unpaired) electrons. The zero-order valence-corrected chi connectivity index (χ0v) is 29.2. The van der Waals surface area contributed by atoms with Crippen molar-refractivity contribution in [2.45, 2.75) is 32.6 Å². The van der Waals surface area contributed by atoms with Crippen LogP contribution in [0, 0.1) is 25.7 Å². The van der Waals surface area contributed by atoms with Crippen molar-refractivity contribution in [2.24, 2.45) is 16.8 Å². The minimum absolute atomic E-state index is 0.262. The fourth-order valence-electron chi connectivity index (χ4n) is 9.60. The van der Waals surface area contributed by atoms with E-state index in [0.717, 1.165) is 23.5 Å². The molecule has 0 saturated heterocycles. The predicted octanol–water partition coefficient (Wildman–Crippen LogP) is 11.7. The van der Waals surface area contributed by atoms with E-state index in [9.17, 15) is 0 Å². The van der Waals surface area contributed by atoms with Crippen LogP contribution in [0.3, 0.4) is 0 Å². The maximum Gasteiger partial charge on any atom is 0.0743 e. The second kappa shape index (κ2) is 11.3. The van der Waals surface area contributed by atoms with Gasteiger partial charge in [0.25, 0.3) is 0 Å². The van der Waals surface area contributed by atoms with Gasteiger partial charge in [0.05, 0.1) is 16.8 Å². The van der Waals surface area contributed by atoms with E-state index in [-0.39, 0.29) is 17.3 Å². The van der Waals surface area contributed by atoms with Crippen molar-refractivity contribution in [1.29, 1.82) is 0 Å². The Kier molecular flexibility index (Phi) is 6.67. The number of pyridine rings is 1. The summed E-state index contributed by atoms with van der Waals surface area (Å²) in [6.07, 6.45) is 10.1. The smallest absolute Gasteiger partial charge is 0.0743 e. The first-order valence-corrected chi connectivity index (χ1v) is 18.2. The van der Waals surface area contributed by atoms with Crippen LogP contribution in [-0.2, 0) is 5.41 Å². The van der Waals surface area contributed by atoms with Gasteiger partial charge in [-0.25, -0.2) is 0 Å². The minimum atomic E-state index is -0.381. The average molecular weight is 655 g/mol. The molecule has 10 rings (SSSR count). The van der Waals surface area contributed by atoms with Crippen molar-refractivity contribution >= 4 is 11.4 Å². The number of fused-ring (bicyclic) bond motifs is 11. The topological polar surface area (TPSA) is 25.2 Å². The number of aryl methyl sites for hydroxylation is 2. The van der Waals surface area contributed by atoms with Gasteiger partial charge in [0.15, 0.2) is 0 Å². The molecule has 5 aromatic carbocycles. The number of nitrogens with zero attached hydrogens (tertiary/aromatic N) is 2. The van der Waals surface area contributed by atoms with Gasteiger partial charge in [0.1, 0.15) is 0 Å². The molecule has 244 valence electrons. The van der Waals surface area contributed by atoms with Crippen molar-refractivity contribution in [3.63, 3.8) is 0 Å². The van der Waals surface area contributed by atoms with Gasteiger partial charge in [0, 0.05) is 34.4 Å². The number of aromatic nitrogens is 1. The third-order valence-corrected chi connectivity index (χ3v) is 11.8. The van der Waals surface area contributed by atoms with Crippen molar-refractivity contribution in [1.82, 2.24) is 4.98 Å². The molecule has 2 heterocycles. The van der Waals surface area contributed by atoms with E-state index in [4.69, 9.17) is 9.98 Å². The van der Waals surface area contributed by atoms with E-state index in [0.29, 0.717) is 0 Å². The van der Waals surface area contributed by atoms with Crippen LogP contribution in [0.25, 0.3) is 39.1 Å². The quantitative estimate of drug-likeness (QED) is 0.185. The highest BCUT2D eigenvalue weighted by atomic mass is 14.8. The molecule has 2 atom stereocenters.